The van der Waals surface area contributed by atoms with Gasteiger partial charge in [0.05, 0.1) is 10.4 Å². The van der Waals surface area contributed by atoms with E-state index in [0.29, 0.717) is 21.8 Å². The number of nitrogen functional groups attached to an aromatic ring is 1. The van der Waals surface area contributed by atoms with Crippen LogP contribution in [0, 0.1) is 12.7 Å². The van der Waals surface area contributed by atoms with Crippen molar-refractivity contribution in [2.45, 2.75) is 6.92 Å². The minimum atomic E-state index is -0.392. The van der Waals surface area contributed by atoms with Gasteiger partial charge in [0.15, 0.2) is 0 Å². The standard InChI is InChI=1S/C15H12FN3OS/c1-8-5-9(16)7-10(6-8)19-15(20)14-12(17)13-11(21-14)3-2-4-18-13/h2-7H,17H2,1H3,(H,19,20). The number of fused-ring (bicyclic) bond motifs is 1. The molecule has 3 rings (SSSR count). The Morgan fingerprint density at radius 3 is 2.90 bits per heavy atom. The largest absolute Gasteiger partial charge is 0.396 e. The number of thiophene rings is 1. The number of benzene rings is 1. The van der Waals surface area contributed by atoms with Crippen LogP contribution in [0.25, 0.3) is 10.2 Å². The van der Waals surface area contributed by atoms with E-state index in [-0.39, 0.29) is 5.91 Å². The lowest BCUT2D eigenvalue weighted by Gasteiger charge is -2.05. The Kier molecular flexibility index (Phi) is 3.31. The minimum absolute atomic E-state index is 0.348. The molecule has 0 fully saturated rings. The van der Waals surface area contributed by atoms with Gasteiger partial charge < -0.3 is 11.1 Å². The lowest BCUT2D eigenvalue weighted by atomic mass is 10.2. The number of nitrogens with zero attached hydrogens (tertiary/aromatic N) is 1. The Labute approximate surface area is 124 Å². The molecule has 21 heavy (non-hydrogen) atoms. The molecule has 0 aliphatic rings. The zero-order valence-electron chi connectivity index (χ0n) is 11.2. The van der Waals surface area contributed by atoms with E-state index < -0.39 is 5.82 Å². The molecule has 1 aromatic carbocycles. The number of pyridine rings is 1. The summed E-state index contributed by atoms with van der Waals surface area (Å²) in [6.07, 6.45) is 1.63. The third kappa shape index (κ3) is 2.57. The summed E-state index contributed by atoms with van der Waals surface area (Å²) in [5.41, 5.74) is 8.07. The molecule has 0 spiro atoms. The number of aryl methyl sites for hydroxylation is 1. The van der Waals surface area contributed by atoms with Crippen LogP contribution in [0.15, 0.2) is 36.5 Å². The van der Waals surface area contributed by atoms with Crippen LogP contribution in [-0.2, 0) is 0 Å². The molecule has 1 amide bonds. The van der Waals surface area contributed by atoms with Gasteiger partial charge in [-0.05, 0) is 42.8 Å². The fraction of sp³-hybridized carbons (Fsp3) is 0.0667. The van der Waals surface area contributed by atoms with E-state index in [1.807, 2.05) is 6.07 Å². The summed E-state index contributed by atoms with van der Waals surface area (Å²) in [5, 5.41) is 2.67. The first-order valence-electron chi connectivity index (χ1n) is 6.26. The van der Waals surface area contributed by atoms with Crippen molar-refractivity contribution in [1.82, 2.24) is 4.98 Å². The minimum Gasteiger partial charge on any atom is -0.396 e. The van der Waals surface area contributed by atoms with Gasteiger partial charge in [-0.2, -0.15) is 0 Å². The van der Waals surface area contributed by atoms with Crippen LogP contribution in [-0.4, -0.2) is 10.9 Å². The Bertz CT molecular complexity index is 824. The molecule has 0 atom stereocenters. The number of amides is 1. The zero-order valence-corrected chi connectivity index (χ0v) is 12.0. The van der Waals surface area contributed by atoms with E-state index in [9.17, 15) is 9.18 Å². The molecule has 2 heterocycles. The molecule has 0 unspecified atom stereocenters. The van der Waals surface area contributed by atoms with Gasteiger partial charge in [0.25, 0.3) is 5.91 Å². The van der Waals surface area contributed by atoms with Gasteiger partial charge in [-0.1, -0.05) is 0 Å². The molecule has 0 aliphatic carbocycles. The van der Waals surface area contributed by atoms with Crippen LogP contribution in [0.4, 0.5) is 15.8 Å². The quantitative estimate of drug-likeness (QED) is 0.760. The normalized spacial score (nSPS) is 10.8. The van der Waals surface area contributed by atoms with Crippen molar-refractivity contribution >= 4 is 38.8 Å². The Hall–Kier alpha value is -2.47. The second kappa shape index (κ2) is 5.14. The van der Waals surface area contributed by atoms with Crippen LogP contribution in [0.2, 0.25) is 0 Å². The topological polar surface area (TPSA) is 68.0 Å². The van der Waals surface area contributed by atoms with Crippen LogP contribution >= 0.6 is 11.3 Å². The summed E-state index contributed by atoms with van der Waals surface area (Å²) in [5.74, 6) is -0.753. The smallest absolute Gasteiger partial charge is 0.267 e. The number of nitrogens with one attached hydrogen (secondary N) is 1. The van der Waals surface area contributed by atoms with Gasteiger partial charge in [0.1, 0.15) is 16.2 Å². The summed E-state index contributed by atoms with van der Waals surface area (Å²) >= 11 is 1.27. The van der Waals surface area contributed by atoms with Crippen molar-refractivity contribution in [3.63, 3.8) is 0 Å². The van der Waals surface area contributed by atoms with E-state index in [1.54, 1.807) is 25.3 Å². The van der Waals surface area contributed by atoms with Crippen molar-refractivity contribution in [1.29, 1.82) is 0 Å². The van der Waals surface area contributed by atoms with E-state index in [1.165, 1.54) is 23.5 Å². The van der Waals surface area contributed by atoms with Gasteiger partial charge in [0.2, 0.25) is 0 Å². The molecule has 0 radical (unpaired) electrons. The molecular weight excluding hydrogens is 289 g/mol. The Balaban J connectivity index is 1.95. The maximum absolute atomic E-state index is 13.3. The molecule has 0 saturated heterocycles. The third-order valence-electron chi connectivity index (χ3n) is 2.99. The fourth-order valence-corrected chi connectivity index (χ4v) is 3.09. The molecule has 106 valence electrons. The van der Waals surface area contributed by atoms with E-state index in [0.717, 1.165) is 10.3 Å². The second-order valence-electron chi connectivity index (χ2n) is 4.67. The summed E-state index contributed by atoms with van der Waals surface area (Å²) in [6, 6.07) is 8.01. The van der Waals surface area contributed by atoms with Crippen molar-refractivity contribution in [2.24, 2.45) is 0 Å². The van der Waals surface area contributed by atoms with Gasteiger partial charge in [-0.25, -0.2) is 4.39 Å². The number of anilines is 2. The molecular formula is C15H12FN3OS. The molecule has 3 aromatic rings. The average molecular weight is 301 g/mol. The number of hydrogen-bond acceptors (Lipinski definition) is 4. The monoisotopic (exact) mass is 301 g/mol. The SMILES string of the molecule is Cc1cc(F)cc(NC(=O)c2sc3cccnc3c2N)c1. The molecule has 2 aromatic heterocycles. The number of carbonyl (C=O) groups excluding carboxylic acids is 1. The number of rotatable bonds is 2. The highest BCUT2D eigenvalue weighted by molar-refractivity contribution is 7.21. The predicted molar refractivity (Wildman–Crippen MR) is 83.1 cm³/mol. The third-order valence-corrected chi connectivity index (χ3v) is 4.15. The van der Waals surface area contributed by atoms with E-state index in [2.05, 4.69) is 10.3 Å². The van der Waals surface area contributed by atoms with Crippen molar-refractivity contribution < 1.29 is 9.18 Å². The predicted octanol–water partition coefficient (Wildman–Crippen LogP) is 3.58. The molecule has 6 heteroatoms. The highest BCUT2D eigenvalue weighted by Crippen LogP contribution is 2.32. The highest BCUT2D eigenvalue weighted by atomic mass is 32.1. The summed E-state index contributed by atoms with van der Waals surface area (Å²) in [4.78, 5) is 16.8. The number of hydrogen-bond donors (Lipinski definition) is 2. The molecule has 0 aliphatic heterocycles. The van der Waals surface area contributed by atoms with Gasteiger partial charge in [0, 0.05) is 11.9 Å². The van der Waals surface area contributed by atoms with Crippen molar-refractivity contribution in [3.05, 3.63) is 52.8 Å². The summed E-state index contributed by atoms with van der Waals surface area (Å²) in [6.45, 7) is 1.76. The maximum Gasteiger partial charge on any atom is 0.267 e. The number of nitrogens with two attached hydrogens (primary N) is 1. The zero-order chi connectivity index (χ0) is 15.0. The lowest BCUT2D eigenvalue weighted by molar-refractivity contribution is 0.103. The first-order valence-corrected chi connectivity index (χ1v) is 7.08. The van der Waals surface area contributed by atoms with Crippen LogP contribution in [0.5, 0.6) is 0 Å². The fourth-order valence-electron chi connectivity index (χ4n) is 2.11. The van der Waals surface area contributed by atoms with Gasteiger partial charge >= 0.3 is 0 Å². The van der Waals surface area contributed by atoms with E-state index >= 15 is 0 Å². The van der Waals surface area contributed by atoms with Crippen molar-refractivity contribution in [2.75, 3.05) is 11.1 Å². The lowest BCUT2D eigenvalue weighted by Crippen LogP contribution is -2.12. The first-order chi connectivity index (χ1) is 10.0. The number of aromatic nitrogens is 1. The van der Waals surface area contributed by atoms with Gasteiger partial charge in [-0.15, -0.1) is 11.3 Å². The summed E-state index contributed by atoms with van der Waals surface area (Å²) < 4.78 is 14.2. The number of halogens is 1. The Morgan fingerprint density at radius 2 is 2.19 bits per heavy atom. The van der Waals surface area contributed by atoms with Crippen LogP contribution < -0.4 is 11.1 Å². The van der Waals surface area contributed by atoms with Crippen molar-refractivity contribution in [3.8, 4) is 0 Å². The molecule has 0 bridgehead atoms. The second-order valence-corrected chi connectivity index (χ2v) is 5.72. The van der Waals surface area contributed by atoms with E-state index in [4.69, 9.17) is 5.73 Å². The van der Waals surface area contributed by atoms with Gasteiger partial charge in [-0.3, -0.25) is 9.78 Å². The van der Waals surface area contributed by atoms with Crippen LogP contribution in [0.3, 0.4) is 0 Å². The molecule has 3 N–H and O–H groups in total. The highest BCUT2D eigenvalue weighted by Gasteiger charge is 2.17. The maximum atomic E-state index is 13.3. The van der Waals surface area contributed by atoms with Crippen LogP contribution in [0.1, 0.15) is 15.2 Å². The Morgan fingerprint density at radius 1 is 1.38 bits per heavy atom. The average Bonchev–Trinajstić information content (AvgIpc) is 2.76. The summed E-state index contributed by atoms with van der Waals surface area (Å²) in [7, 11) is 0. The first kappa shape index (κ1) is 13.5. The number of carbonyl (C=O) groups is 1. The molecule has 4 nitrogen and oxygen atoms in total. The molecule has 0 saturated carbocycles.